The Kier molecular flexibility index (Phi) is 7.01. The summed E-state index contributed by atoms with van der Waals surface area (Å²) in [7, 11) is 0. The average Bonchev–Trinajstić information content (AvgIpc) is 3.15. The summed E-state index contributed by atoms with van der Waals surface area (Å²) in [4.78, 5) is 15.0. The molecule has 1 aromatic heterocycles. The van der Waals surface area contributed by atoms with Gasteiger partial charge in [-0.25, -0.2) is 15.0 Å². The molecule has 0 unspecified atom stereocenters. The molecule has 232 valence electrons. The van der Waals surface area contributed by atoms with Gasteiger partial charge in [-0.15, -0.1) is 0 Å². The van der Waals surface area contributed by atoms with Gasteiger partial charge in [-0.2, -0.15) is 5.26 Å². The Hall–Kier alpha value is -5.40. The van der Waals surface area contributed by atoms with Crippen molar-refractivity contribution in [3.05, 3.63) is 139 Å². The first-order valence-electron chi connectivity index (χ1n) is 17.3. The standard InChI is InChI=1S/C44H36N4/c45-28-36-23-40(43-47-41(34-12-6-2-7-13-34)46-42(48-43)35-14-8-3-9-15-35)39(32-10-4-1-5-11-32)24-38(36)33-16-18-37(19-17-33)44-25-29-20-30(26-44)22-31(21-29)27-44/h1-19,23-24,29-31H,20-22,25-27H2. The Balaban J connectivity index is 1.18. The largest absolute Gasteiger partial charge is 0.208 e. The Morgan fingerprint density at radius 2 is 0.938 bits per heavy atom. The van der Waals surface area contributed by atoms with Gasteiger partial charge in [0.15, 0.2) is 17.5 Å². The van der Waals surface area contributed by atoms with Crippen molar-refractivity contribution in [1.29, 1.82) is 5.26 Å². The Morgan fingerprint density at radius 3 is 1.44 bits per heavy atom. The SMILES string of the molecule is N#Cc1cc(-c2nc(-c3ccccc3)nc(-c3ccccc3)n2)c(-c2ccccc2)cc1-c1ccc(C23CC4CC(CC(C4)C2)C3)cc1. The van der Waals surface area contributed by atoms with E-state index >= 15 is 0 Å². The van der Waals surface area contributed by atoms with Crippen LogP contribution < -0.4 is 0 Å². The van der Waals surface area contributed by atoms with E-state index in [1.165, 1.54) is 44.1 Å². The van der Waals surface area contributed by atoms with Gasteiger partial charge in [0.25, 0.3) is 0 Å². The molecular weight excluding hydrogens is 585 g/mol. The van der Waals surface area contributed by atoms with E-state index in [2.05, 4.69) is 60.7 Å². The first-order chi connectivity index (χ1) is 23.6. The highest BCUT2D eigenvalue weighted by atomic mass is 15.0. The summed E-state index contributed by atoms with van der Waals surface area (Å²) in [6.45, 7) is 0. The molecule has 0 spiro atoms. The molecule has 4 aliphatic rings. The Labute approximate surface area is 282 Å². The van der Waals surface area contributed by atoms with Gasteiger partial charge in [0.2, 0.25) is 0 Å². The second kappa shape index (κ2) is 11.7. The normalized spacial score (nSPS) is 22.4. The van der Waals surface area contributed by atoms with Crippen molar-refractivity contribution in [3.8, 4) is 62.5 Å². The van der Waals surface area contributed by atoms with Gasteiger partial charge in [0.1, 0.15) is 0 Å². The maximum absolute atomic E-state index is 10.6. The summed E-state index contributed by atoms with van der Waals surface area (Å²) in [5.41, 5.74) is 9.11. The third-order valence-corrected chi connectivity index (χ3v) is 11.1. The number of hydrogen-bond donors (Lipinski definition) is 0. The molecule has 0 aliphatic heterocycles. The van der Waals surface area contributed by atoms with Crippen LogP contribution in [0.5, 0.6) is 0 Å². The second-order valence-corrected chi connectivity index (χ2v) is 14.2. The fraction of sp³-hybridized carbons (Fsp3) is 0.227. The third kappa shape index (κ3) is 5.11. The molecule has 1 heterocycles. The number of nitrogens with zero attached hydrogens (tertiary/aromatic N) is 4. The summed E-state index contributed by atoms with van der Waals surface area (Å²) < 4.78 is 0. The van der Waals surface area contributed by atoms with E-state index in [1.807, 2.05) is 72.8 Å². The number of hydrogen-bond acceptors (Lipinski definition) is 4. The summed E-state index contributed by atoms with van der Waals surface area (Å²) in [5, 5.41) is 10.6. The van der Waals surface area contributed by atoms with E-state index in [0.29, 0.717) is 28.5 Å². The lowest BCUT2D eigenvalue weighted by Gasteiger charge is -2.57. The molecule has 10 rings (SSSR count). The molecule has 0 amide bonds. The minimum Gasteiger partial charge on any atom is -0.208 e. The van der Waals surface area contributed by atoms with E-state index in [1.54, 1.807) is 0 Å². The number of nitriles is 1. The maximum Gasteiger partial charge on any atom is 0.164 e. The molecular formula is C44H36N4. The van der Waals surface area contributed by atoms with Gasteiger partial charge in [-0.05, 0) is 96.1 Å². The van der Waals surface area contributed by atoms with Crippen LogP contribution in [0.4, 0.5) is 0 Å². The smallest absolute Gasteiger partial charge is 0.164 e. The molecule has 4 fully saturated rings. The molecule has 5 aromatic carbocycles. The van der Waals surface area contributed by atoms with Gasteiger partial charge < -0.3 is 0 Å². The molecule has 6 aromatic rings. The van der Waals surface area contributed by atoms with Crippen LogP contribution in [-0.2, 0) is 5.41 Å². The summed E-state index contributed by atoms with van der Waals surface area (Å²) in [6.07, 6.45) is 8.36. The van der Waals surface area contributed by atoms with Crippen LogP contribution in [-0.4, -0.2) is 15.0 Å². The van der Waals surface area contributed by atoms with E-state index in [0.717, 1.165) is 56.7 Å². The monoisotopic (exact) mass is 620 g/mol. The van der Waals surface area contributed by atoms with Crippen LogP contribution in [0.3, 0.4) is 0 Å². The highest BCUT2D eigenvalue weighted by molar-refractivity contribution is 5.88. The van der Waals surface area contributed by atoms with Gasteiger partial charge in [0.05, 0.1) is 11.6 Å². The highest BCUT2D eigenvalue weighted by Gasteiger charge is 2.51. The van der Waals surface area contributed by atoms with E-state index in [4.69, 9.17) is 15.0 Å². The molecule has 4 saturated carbocycles. The average molecular weight is 621 g/mol. The molecule has 0 N–H and O–H groups in total. The van der Waals surface area contributed by atoms with Crippen molar-refractivity contribution in [2.75, 3.05) is 0 Å². The number of rotatable bonds is 6. The second-order valence-electron chi connectivity index (χ2n) is 14.2. The van der Waals surface area contributed by atoms with Crippen LogP contribution in [0.2, 0.25) is 0 Å². The molecule has 4 bridgehead atoms. The molecule has 4 nitrogen and oxygen atoms in total. The molecule has 0 saturated heterocycles. The molecule has 0 radical (unpaired) electrons. The van der Waals surface area contributed by atoms with E-state index in [-0.39, 0.29) is 0 Å². The van der Waals surface area contributed by atoms with E-state index < -0.39 is 0 Å². The topological polar surface area (TPSA) is 62.5 Å². The zero-order valence-electron chi connectivity index (χ0n) is 26.9. The molecule has 48 heavy (non-hydrogen) atoms. The van der Waals surface area contributed by atoms with Gasteiger partial charge in [0, 0.05) is 22.3 Å². The lowest BCUT2D eigenvalue weighted by atomic mass is 9.48. The zero-order chi connectivity index (χ0) is 32.1. The molecule has 0 atom stereocenters. The van der Waals surface area contributed by atoms with Crippen molar-refractivity contribution >= 4 is 0 Å². The van der Waals surface area contributed by atoms with Crippen LogP contribution in [0.1, 0.15) is 49.7 Å². The first-order valence-corrected chi connectivity index (χ1v) is 17.3. The minimum absolute atomic E-state index is 0.343. The van der Waals surface area contributed by atoms with Crippen LogP contribution in [0.15, 0.2) is 127 Å². The Morgan fingerprint density at radius 1 is 0.479 bits per heavy atom. The van der Waals surface area contributed by atoms with Crippen LogP contribution in [0, 0.1) is 29.1 Å². The predicted molar refractivity (Wildman–Crippen MR) is 192 cm³/mol. The number of benzene rings is 5. The minimum atomic E-state index is 0.343. The maximum atomic E-state index is 10.6. The quantitative estimate of drug-likeness (QED) is 0.186. The lowest BCUT2D eigenvalue weighted by molar-refractivity contribution is -0.00518. The summed E-state index contributed by atoms with van der Waals surface area (Å²) >= 11 is 0. The number of aromatic nitrogens is 3. The summed E-state index contributed by atoms with van der Waals surface area (Å²) in [6, 6.07) is 46.3. The van der Waals surface area contributed by atoms with Crippen molar-refractivity contribution in [2.45, 2.75) is 43.9 Å². The summed E-state index contributed by atoms with van der Waals surface area (Å²) in [5.74, 6) is 4.45. The lowest BCUT2D eigenvalue weighted by Crippen LogP contribution is -2.48. The predicted octanol–water partition coefficient (Wildman–Crippen LogP) is 10.5. The molecule has 4 heteroatoms. The fourth-order valence-electron chi connectivity index (χ4n) is 9.37. The molecule has 4 aliphatic carbocycles. The van der Waals surface area contributed by atoms with Crippen molar-refractivity contribution in [3.63, 3.8) is 0 Å². The van der Waals surface area contributed by atoms with Crippen LogP contribution in [0.25, 0.3) is 56.4 Å². The van der Waals surface area contributed by atoms with Gasteiger partial charge >= 0.3 is 0 Å². The fourth-order valence-corrected chi connectivity index (χ4v) is 9.37. The van der Waals surface area contributed by atoms with E-state index in [9.17, 15) is 5.26 Å². The first kappa shape index (κ1) is 28.8. The van der Waals surface area contributed by atoms with Crippen molar-refractivity contribution in [1.82, 2.24) is 15.0 Å². The van der Waals surface area contributed by atoms with Crippen LogP contribution >= 0.6 is 0 Å². The third-order valence-electron chi connectivity index (χ3n) is 11.1. The Bertz CT molecular complexity index is 2060. The van der Waals surface area contributed by atoms with Gasteiger partial charge in [-0.1, -0.05) is 115 Å². The van der Waals surface area contributed by atoms with Gasteiger partial charge in [-0.3, -0.25) is 0 Å². The highest BCUT2D eigenvalue weighted by Crippen LogP contribution is 2.60. The zero-order valence-corrected chi connectivity index (χ0v) is 26.9. The van der Waals surface area contributed by atoms with Crippen molar-refractivity contribution < 1.29 is 0 Å². The van der Waals surface area contributed by atoms with Crippen molar-refractivity contribution in [2.24, 2.45) is 17.8 Å².